The van der Waals surface area contributed by atoms with Gasteiger partial charge < -0.3 is 4.98 Å². The zero-order chi connectivity index (χ0) is 17.2. The van der Waals surface area contributed by atoms with Crippen molar-refractivity contribution in [2.45, 2.75) is 26.4 Å². The van der Waals surface area contributed by atoms with Crippen LogP contribution in [0.15, 0.2) is 47.5 Å². The number of fused-ring (bicyclic) bond motifs is 1. The molecule has 0 atom stereocenters. The normalized spacial score (nSPS) is 13.7. The molecule has 23 heavy (non-hydrogen) atoms. The fourth-order valence-electron chi connectivity index (χ4n) is 1.95. The molecule has 122 valence electrons. The monoisotopic (exact) mass is 340 g/mol. The Labute approximate surface area is 137 Å². The molecule has 0 saturated heterocycles. The predicted octanol–water partition coefficient (Wildman–Crippen LogP) is 6.07. The second-order valence-corrected chi connectivity index (χ2v) is 5.62. The Balaban J connectivity index is 2.51. The zero-order valence-corrected chi connectivity index (χ0v) is 13.5. The van der Waals surface area contributed by atoms with E-state index in [9.17, 15) is 13.2 Å². The molecule has 2 aromatic rings. The van der Waals surface area contributed by atoms with Gasteiger partial charge in [-0.3, -0.25) is 0 Å². The van der Waals surface area contributed by atoms with Crippen molar-refractivity contribution in [3.63, 3.8) is 0 Å². The lowest BCUT2D eigenvalue weighted by Gasteiger charge is -2.05. The van der Waals surface area contributed by atoms with Crippen molar-refractivity contribution < 1.29 is 13.2 Å². The summed E-state index contributed by atoms with van der Waals surface area (Å²) in [4.78, 5) is 7.17. The Kier molecular flexibility index (Phi) is 5.00. The number of halogens is 4. The first-order chi connectivity index (χ1) is 10.7. The number of allylic oxidation sites excluding steroid dienone is 5. The maximum absolute atomic E-state index is 12.8. The van der Waals surface area contributed by atoms with Crippen LogP contribution >= 0.6 is 11.6 Å². The van der Waals surface area contributed by atoms with Crippen LogP contribution in [-0.2, 0) is 6.18 Å². The molecule has 0 aliphatic rings. The highest BCUT2D eigenvalue weighted by Crippen LogP contribution is 2.32. The molecular weight excluding hydrogens is 325 g/mol. The molecule has 2 nitrogen and oxygen atoms in total. The fourth-order valence-corrected chi connectivity index (χ4v) is 2.11. The highest BCUT2D eigenvalue weighted by molar-refractivity contribution is 6.36. The van der Waals surface area contributed by atoms with E-state index < -0.39 is 11.7 Å². The molecule has 6 heteroatoms. The predicted molar refractivity (Wildman–Crippen MR) is 88.1 cm³/mol. The molecule has 0 saturated carbocycles. The third kappa shape index (κ3) is 4.05. The van der Waals surface area contributed by atoms with E-state index in [2.05, 4.69) is 16.5 Å². The van der Waals surface area contributed by atoms with Gasteiger partial charge in [-0.2, -0.15) is 13.2 Å². The van der Waals surface area contributed by atoms with Crippen molar-refractivity contribution in [3.8, 4) is 0 Å². The Morgan fingerprint density at radius 2 is 2.04 bits per heavy atom. The van der Waals surface area contributed by atoms with Crippen LogP contribution in [0.2, 0.25) is 0 Å². The van der Waals surface area contributed by atoms with Crippen molar-refractivity contribution >= 4 is 28.2 Å². The highest BCUT2D eigenvalue weighted by atomic mass is 35.5. The summed E-state index contributed by atoms with van der Waals surface area (Å²) in [6, 6.07) is 3.38. The van der Waals surface area contributed by atoms with Crippen LogP contribution in [0.5, 0.6) is 0 Å². The van der Waals surface area contributed by atoms with Crippen LogP contribution < -0.4 is 0 Å². The molecule has 0 aliphatic heterocycles. The third-order valence-electron chi connectivity index (χ3n) is 3.45. The van der Waals surface area contributed by atoms with Crippen LogP contribution in [-0.4, -0.2) is 9.97 Å². The third-order valence-corrected chi connectivity index (χ3v) is 3.65. The lowest BCUT2D eigenvalue weighted by atomic mass is 10.1. The summed E-state index contributed by atoms with van der Waals surface area (Å²) in [6.45, 7) is 7.68. The molecule has 0 fully saturated rings. The molecule has 2 rings (SSSR count). The molecular formula is C17H16ClF3N2. The van der Waals surface area contributed by atoms with Gasteiger partial charge in [-0.15, -0.1) is 0 Å². The van der Waals surface area contributed by atoms with Crippen LogP contribution in [0.3, 0.4) is 0 Å². The first kappa shape index (κ1) is 17.3. The number of nitrogens with zero attached hydrogens (tertiary/aromatic N) is 1. The van der Waals surface area contributed by atoms with Crippen molar-refractivity contribution in [2.75, 3.05) is 0 Å². The van der Waals surface area contributed by atoms with Gasteiger partial charge in [0.1, 0.15) is 5.82 Å². The Morgan fingerprint density at radius 3 is 2.61 bits per heavy atom. The van der Waals surface area contributed by atoms with E-state index in [4.69, 9.17) is 11.6 Å². The largest absolute Gasteiger partial charge is 0.416 e. The summed E-state index contributed by atoms with van der Waals surface area (Å²) >= 11 is 6.00. The number of alkyl halides is 3. The van der Waals surface area contributed by atoms with Gasteiger partial charge in [0.2, 0.25) is 0 Å². The van der Waals surface area contributed by atoms with Gasteiger partial charge in [0.05, 0.1) is 16.6 Å². The Bertz CT molecular complexity index is 798. The van der Waals surface area contributed by atoms with Crippen LogP contribution in [0, 0.1) is 0 Å². The molecule has 1 aromatic heterocycles. The summed E-state index contributed by atoms with van der Waals surface area (Å²) in [5.41, 5.74) is 1.69. The summed E-state index contributed by atoms with van der Waals surface area (Å²) in [5, 5.41) is 0.264. The maximum Gasteiger partial charge on any atom is 0.416 e. The van der Waals surface area contributed by atoms with Gasteiger partial charge in [-0.25, -0.2) is 4.98 Å². The van der Waals surface area contributed by atoms with Gasteiger partial charge in [-0.1, -0.05) is 36.8 Å². The van der Waals surface area contributed by atoms with E-state index in [0.29, 0.717) is 22.4 Å². The number of rotatable bonds is 4. The second-order valence-electron chi connectivity index (χ2n) is 5.17. The second kappa shape index (κ2) is 6.62. The molecule has 0 amide bonds. The quantitative estimate of drug-likeness (QED) is 0.672. The van der Waals surface area contributed by atoms with Crippen molar-refractivity contribution in [3.05, 3.63) is 58.9 Å². The lowest BCUT2D eigenvalue weighted by molar-refractivity contribution is -0.137. The van der Waals surface area contributed by atoms with Crippen molar-refractivity contribution in [2.24, 2.45) is 0 Å². The van der Waals surface area contributed by atoms with Crippen molar-refractivity contribution in [1.29, 1.82) is 0 Å². The van der Waals surface area contributed by atoms with Gasteiger partial charge in [-0.05, 0) is 37.6 Å². The molecule has 1 N–H and O–H groups in total. The van der Waals surface area contributed by atoms with E-state index in [0.717, 1.165) is 24.1 Å². The van der Waals surface area contributed by atoms with Gasteiger partial charge >= 0.3 is 6.18 Å². The smallest absolute Gasteiger partial charge is 0.338 e. The first-order valence-electron chi connectivity index (χ1n) is 7.02. The van der Waals surface area contributed by atoms with Crippen LogP contribution in [0.1, 0.15) is 31.7 Å². The first-order valence-corrected chi connectivity index (χ1v) is 7.39. The van der Waals surface area contributed by atoms with Gasteiger partial charge in [0, 0.05) is 10.6 Å². The minimum Gasteiger partial charge on any atom is -0.338 e. The van der Waals surface area contributed by atoms with Crippen molar-refractivity contribution in [1.82, 2.24) is 9.97 Å². The van der Waals surface area contributed by atoms with Gasteiger partial charge in [0.25, 0.3) is 0 Å². The number of hydrogen-bond donors (Lipinski definition) is 1. The number of benzene rings is 1. The number of H-pyrrole nitrogens is 1. The SMILES string of the molecule is C=C(Cl)C(=CC=C(C)CC)c1nc2ccc(C(F)(F)F)cc2[nH]1. The molecule has 1 aromatic carbocycles. The summed E-state index contributed by atoms with van der Waals surface area (Å²) < 4.78 is 38.3. The van der Waals surface area contributed by atoms with E-state index >= 15 is 0 Å². The van der Waals surface area contributed by atoms with E-state index in [1.54, 1.807) is 6.08 Å². The topological polar surface area (TPSA) is 28.7 Å². The molecule has 0 bridgehead atoms. The van der Waals surface area contributed by atoms with E-state index in [-0.39, 0.29) is 5.03 Å². The van der Waals surface area contributed by atoms with E-state index in [1.165, 1.54) is 6.07 Å². The lowest BCUT2D eigenvalue weighted by Crippen LogP contribution is -2.04. The van der Waals surface area contributed by atoms with Crippen LogP contribution in [0.4, 0.5) is 13.2 Å². The molecule has 0 aliphatic carbocycles. The molecule has 1 heterocycles. The summed E-state index contributed by atoms with van der Waals surface area (Å²) in [5.74, 6) is 0.388. The summed E-state index contributed by atoms with van der Waals surface area (Å²) in [6.07, 6.45) is 0.135. The number of hydrogen-bond acceptors (Lipinski definition) is 1. The molecule has 0 unspecified atom stereocenters. The number of aromatic amines is 1. The zero-order valence-electron chi connectivity index (χ0n) is 12.8. The fraction of sp³-hybridized carbons (Fsp3) is 0.235. The Morgan fingerprint density at radius 1 is 1.35 bits per heavy atom. The summed E-state index contributed by atoms with van der Waals surface area (Å²) in [7, 11) is 0. The molecule has 0 spiro atoms. The highest BCUT2D eigenvalue weighted by Gasteiger charge is 2.30. The minimum atomic E-state index is -4.39. The maximum atomic E-state index is 12.8. The Hall–Kier alpha value is -2.01. The minimum absolute atomic E-state index is 0.264. The number of nitrogens with one attached hydrogen (secondary N) is 1. The van der Waals surface area contributed by atoms with Crippen LogP contribution in [0.25, 0.3) is 16.6 Å². The van der Waals surface area contributed by atoms with Gasteiger partial charge in [0.15, 0.2) is 0 Å². The molecule has 0 radical (unpaired) electrons. The number of imidazole rings is 1. The average molecular weight is 341 g/mol. The number of aromatic nitrogens is 2. The van der Waals surface area contributed by atoms with E-state index in [1.807, 2.05) is 19.9 Å². The standard InChI is InChI=1S/C17H16ClF3N2/c1-4-10(2)5-7-13(11(3)18)16-22-14-8-6-12(17(19,20)21)9-15(14)23-16/h5-9H,3-4H2,1-2H3,(H,22,23). The average Bonchev–Trinajstić information content (AvgIpc) is 2.88.